The van der Waals surface area contributed by atoms with Crippen molar-refractivity contribution < 1.29 is 29.3 Å². The Balaban J connectivity index is 1.58. The lowest BCUT2D eigenvalue weighted by atomic mass is 10.1. The number of carboxylic acid groups (broad SMARTS) is 2. The van der Waals surface area contributed by atoms with Crippen LogP contribution in [-0.2, 0) is 31.9 Å². The van der Waals surface area contributed by atoms with Gasteiger partial charge in [0.2, 0.25) is 0 Å². The van der Waals surface area contributed by atoms with Crippen LogP contribution < -0.4 is 11.5 Å². The Labute approximate surface area is 203 Å². The summed E-state index contributed by atoms with van der Waals surface area (Å²) in [6.07, 6.45) is 1.36. The van der Waals surface area contributed by atoms with Crippen molar-refractivity contribution in [1.29, 1.82) is 0 Å². The first-order valence-electron chi connectivity index (χ1n) is 10.2. The van der Waals surface area contributed by atoms with Crippen LogP contribution in [0.5, 0.6) is 0 Å². The molecule has 3 aromatic heterocycles. The van der Waals surface area contributed by atoms with Crippen molar-refractivity contribution >= 4 is 45.9 Å². The zero-order valence-electron chi connectivity index (χ0n) is 17.8. The maximum atomic E-state index is 10.8. The first-order chi connectivity index (χ1) is 15.9. The number of aliphatic carboxylic acids is 2. The lowest BCUT2D eigenvalue weighted by Crippen LogP contribution is -2.35. The van der Waals surface area contributed by atoms with Crippen LogP contribution in [0.4, 0.5) is 0 Å². The molecule has 0 radical (unpaired) electrons. The average molecular weight is 511 g/mol. The summed E-state index contributed by atoms with van der Waals surface area (Å²) >= 11 is 5.05. The average Bonchev–Trinajstić information content (AvgIpc) is 3.53. The summed E-state index contributed by atoms with van der Waals surface area (Å²) in [4.78, 5) is 26.2. The smallest absolute Gasteiger partial charge is 0.322 e. The molecule has 0 saturated carbocycles. The van der Waals surface area contributed by atoms with Crippen LogP contribution in [0.15, 0.2) is 35.0 Å². The molecule has 0 amide bonds. The van der Waals surface area contributed by atoms with E-state index >= 15 is 0 Å². The van der Waals surface area contributed by atoms with E-state index in [1.54, 1.807) is 34.0 Å². The molecule has 8 nitrogen and oxygen atoms in total. The zero-order valence-corrected chi connectivity index (χ0v) is 20.2. The van der Waals surface area contributed by atoms with Crippen molar-refractivity contribution in [2.75, 3.05) is 26.4 Å². The van der Waals surface area contributed by atoms with E-state index in [4.69, 9.17) is 31.2 Å². The number of ether oxygens (including phenoxy) is 2. The van der Waals surface area contributed by atoms with Gasteiger partial charge in [0.1, 0.15) is 12.1 Å². The highest BCUT2D eigenvalue weighted by Gasteiger charge is 2.16. The standard InChI is InChI=1S/C22H26N2O6S3/c23-15(21(25)26)11-29-7-3-13-5-9-31-19(13)17-1-2-18(33-17)20-14(6-10-32-20)4-8-30-12-16(24)22(27)28/h1-2,5-6,9-10,15-16H,3-4,7-8,11-12,23-24H2,(H,25,26)(H,27,28)/t15-,16-/m0/s1. The molecule has 3 aromatic rings. The second-order valence-electron chi connectivity index (χ2n) is 7.25. The van der Waals surface area contributed by atoms with Gasteiger partial charge in [-0.2, -0.15) is 0 Å². The minimum Gasteiger partial charge on any atom is -0.480 e. The summed E-state index contributed by atoms with van der Waals surface area (Å²) in [5.74, 6) is -2.14. The molecule has 0 aliphatic carbocycles. The molecule has 0 aromatic carbocycles. The van der Waals surface area contributed by atoms with E-state index in [1.165, 1.54) is 19.5 Å². The molecule has 33 heavy (non-hydrogen) atoms. The zero-order chi connectivity index (χ0) is 23.8. The van der Waals surface area contributed by atoms with Crippen LogP contribution in [0.3, 0.4) is 0 Å². The lowest BCUT2D eigenvalue weighted by molar-refractivity contribution is -0.141. The highest BCUT2D eigenvalue weighted by Crippen LogP contribution is 2.41. The van der Waals surface area contributed by atoms with Gasteiger partial charge in [-0.25, -0.2) is 0 Å². The van der Waals surface area contributed by atoms with Crippen molar-refractivity contribution in [3.8, 4) is 19.5 Å². The van der Waals surface area contributed by atoms with Crippen molar-refractivity contribution in [2.24, 2.45) is 11.5 Å². The Morgan fingerprint density at radius 3 is 1.61 bits per heavy atom. The van der Waals surface area contributed by atoms with Crippen molar-refractivity contribution in [1.82, 2.24) is 0 Å². The fraction of sp³-hybridized carbons (Fsp3) is 0.364. The fourth-order valence-corrected chi connectivity index (χ4v) is 6.25. The van der Waals surface area contributed by atoms with Gasteiger partial charge in [-0.05, 0) is 59.0 Å². The molecular weight excluding hydrogens is 484 g/mol. The molecule has 2 atom stereocenters. The van der Waals surface area contributed by atoms with Crippen LogP contribution >= 0.6 is 34.0 Å². The quantitative estimate of drug-likeness (QED) is 0.242. The number of nitrogens with two attached hydrogens (primary N) is 2. The minimum atomic E-state index is -1.07. The molecule has 3 heterocycles. The largest absolute Gasteiger partial charge is 0.480 e. The number of thiophene rings is 3. The Kier molecular flexibility index (Phi) is 9.56. The summed E-state index contributed by atoms with van der Waals surface area (Å²) in [7, 11) is 0. The number of hydrogen-bond acceptors (Lipinski definition) is 9. The molecule has 3 rings (SSSR count). The van der Waals surface area contributed by atoms with E-state index in [0.717, 1.165) is 11.1 Å². The SMILES string of the molecule is N[C@@H](COCCc1ccsc1-c1ccc(-c2sccc2CCOC[C@H](N)C(=O)O)s1)C(=O)O. The second-order valence-corrected chi connectivity index (χ2v) is 10.2. The van der Waals surface area contributed by atoms with Gasteiger partial charge < -0.3 is 31.2 Å². The minimum absolute atomic E-state index is 0.00886. The maximum absolute atomic E-state index is 10.8. The molecule has 0 spiro atoms. The van der Waals surface area contributed by atoms with Gasteiger partial charge >= 0.3 is 11.9 Å². The van der Waals surface area contributed by atoms with Crippen LogP contribution in [-0.4, -0.2) is 60.7 Å². The molecule has 0 saturated heterocycles. The van der Waals surface area contributed by atoms with Gasteiger partial charge in [0, 0.05) is 19.5 Å². The molecule has 0 aliphatic heterocycles. The van der Waals surface area contributed by atoms with Crippen molar-refractivity contribution in [3.63, 3.8) is 0 Å². The van der Waals surface area contributed by atoms with Gasteiger partial charge in [0.25, 0.3) is 0 Å². The molecule has 0 aliphatic rings. The highest BCUT2D eigenvalue weighted by molar-refractivity contribution is 7.25. The number of rotatable bonds is 14. The van der Waals surface area contributed by atoms with Crippen LogP contribution in [0.1, 0.15) is 11.1 Å². The summed E-state index contributed by atoms with van der Waals surface area (Å²) in [5, 5.41) is 21.7. The van der Waals surface area contributed by atoms with Gasteiger partial charge in [0.05, 0.1) is 26.4 Å². The van der Waals surface area contributed by atoms with Gasteiger partial charge in [-0.1, -0.05) is 0 Å². The Bertz CT molecular complexity index is 979. The fourth-order valence-electron chi connectivity index (χ4n) is 3.01. The van der Waals surface area contributed by atoms with Crippen LogP contribution in [0.25, 0.3) is 19.5 Å². The highest BCUT2D eigenvalue weighted by atomic mass is 32.1. The van der Waals surface area contributed by atoms with Gasteiger partial charge in [-0.3, -0.25) is 9.59 Å². The Hall–Kier alpha value is -2.12. The molecule has 11 heteroatoms. The summed E-state index contributed by atoms with van der Waals surface area (Å²) < 4.78 is 10.9. The lowest BCUT2D eigenvalue weighted by Gasteiger charge is -2.08. The number of carboxylic acids is 2. The first-order valence-corrected chi connectivity index (χ1v) is 12.8. The van der Waals surface area contributed by atoms with Gasteiger partial charge in [0.15, 0.2) is 0 Å². The second kappa shape index (κ2) is 12.4. The number of carbonyl (C=O) groups is 2. The molecule has 178 valence electrons. The van der Waals surface area contributed by atoms with Crippen molar-refractivity contribution in [3.05, 3.63) is 46.2 Å². The van der Waals surface area contributed by atoms with Crippen molar-refractivity contribution in [2.45, 2.75) is 24.9 Å². The Morgan fingerprint density at radius 2 is 1.21 bits per heavy atom. The molecule has 6 N–H and O–H groups in total. The van der Waals surface area contributed by atoms with E-state index in [2.05, 4.69) is 24.3 Å². The topological polar surface area (TPSA) is 145 Å². The van der Waals surface area contributed by atoms with E-state index in [0.29, 0.717) is 26.1 Å². The monoisotopic (exact) mass is 510 g/mol. The third kappa shape index (κ3) is 7.18. The van der Waals surface area contributed by atoms with E-state index in [9.17, 15) is 9.59 Å². The maximum Gasteiger partial charge on any atom is 0.322 e. The van der Waals surface area contributed by atoms with E-state index < -0.39 is 24.0 Å². The molecule has 0 bridgehead atoms. The van der Waals surface area contributed by atoms with Gasteiger partial charge in [-0.15, -0.1) is 34.0 Å². The molecular formula is C22H26N2O6S3. The third-order valence-electron chi connectivity index (χ3n) is 4.81. The summed E-state index contributed by atoms with van der Waals surface area (Å²) in [5.41, 5.74) is 13.2. The number of hydrogen-bond donors (Lipinski definition) is 4. The summed E-state index contributed by atoms with van der Waals surface area (Å²) in [6, 6.07) is 6.34. The molecule has 0 unspecified atom stereocenters. The predicted octanol–water partition coefficient (Wildman–Crippen LogP) is 3.15. The first kappa shape index (κ1) is 25.5. The van der Waals surface area contributed by atoms with Crippen LogP contribution in [0, 0.1) is 0 Å². The van der Waals surface area contributed by atoms with Crippen LogP contribution in [0.2, 0.25) is 0 Å². The normalized spacial score (nSPS) is 13.2. The third-order valence-corrected chi connectivity index (χ3v) is 8.17. The molecule has 0 fully saturated rings. The predicted molar refractivity (Wildman–Crippen MR) is 131 cm³/mol. The van der Waals surface area contributed by atoms with E-state index in [1.807, 2.05) is 10.8 Å². The Morgan fingerprint density at radius 1 is 0.788 bits per heavy atom. The van der Waals surface area contributed by atoms with E-state index in [-0.39, 0.29) is 13.2 Å². The summed E-state index contributed by atoms with van der Waals surface area (Å²) in [6.45, 7) is 0.795.